The number of ether oxygens (including phenoxy) is 1. The number of amides is 1. The molecule has 1 aromatic carbocycles. The molecule has 2 atom stereocenters. The Kier molecular flexibility index (Phi) is 6.73. The van der Waals surface area contributed by atoms with Crippen molar-refractivity contribution in [2.45, 2.75) is 25.1 Å². The maximum absolute atomic E-state index is 12.2. The van der Waals surface area contributed by atoms with Crippen LogP contribution in [-0.4, -0.2) is 41.8 Å². The van der Waals surface area contributed by atoms with Crippen molar-refractivity contribution in [3.63, 3.8) is 0 Å². The molecule has 0 saturated carbocycles. The molecule has 0 aliphatic heterocycles. The summed E-state index contributed by atoms with van der Waals surface area (Å²) >= 11 is 1.53. The van der Waals surface area contributed by atoms with Gasteiger partial charge < -0.3 is 15.2 Å². The van der Waals surface area contributed by atoms with Crippen LogP contribution in [0.4, 0.5) is 0 Å². The van der Waals surface area contributed by atoms with Crippen LogP contribution in [0, 0.1) is 0 Å². The standard InChI is InChI=1S/C14H21NO3S/c1-4-18-12-8-6-5-7-11(12)14(17)15-10(2)13(9-16)19-3/h5-8,10,13,16H,4,9H2,1-3H3,(H,15,17). The Balaban J connectivity index is 2.77. The number of thioether (sulfide) groups is 1. The summed E-state index contributed by atoms with van der Waals surface area (Å²) in [5.41, 5.74) is 0.522. The highest BCUT2D eigenvalue weighted by Crippen LogP contribution is 2.18. The average molecular weight is 283 g/mol. The van der Waals surface area contributed by atoms with Gasteiger partial charge in [0.1, 0.15) is 5.75 Å². The molecule has 0 aromatic heterocycles. The van der Waals surface area contributed by atoms with E-state index >= 15 is 0 Å². The van der Waals surface area contributed by atoms with Gasteiger partial charge in [-0.15, -0.1) is 0 Å². The fraction of sp³-hybridized carbons (Fsp3) is 0.500. The lowest BCUT2D eigenvalue weighted by atomic mass is 10.1. The fourth-order valence-corrected chi connectivity index (χ4v) is 2.38. The van der Waals surface area contributed by atoms with E-state index in [1.165, 1.54) is 11.8 Å². The maximum Gasteiger partial charge on any atom is 0.255 e. The third kappa shape index (κ3) is 4.44. The number of para-hydroxylation sites is 1. The Bertz CT molecular complexity index is 407. The molecule has 5 heteroatoms. The lowest BCUT2D eigenvalue weighted by Gasteiger charge is -2.21. The summed E-state index contributed by atoms with van der Waals surface area (Å²) in [5, 5.41) is 12.1. The Hall–Kier alpha value is -1.20. The highest BCUT2D eigenvalue weighted by atomic mass is 32.2. The van der Waals surface area contributed by atoms with Gasteiger partial charge in [0, 0.05) is 11.3 Å². The topological polar surface area (TPSA) is 58.6 Å². The smallest absolute Gasteiger partial charge is 0.255 e. The van der Waals surface area contributed by atoms with E-state index in [0.29, 0.717) is 17.9 Å². The number of nitrogens with one attached hydrogen (secondary N) is 1. The van der Waals surface area contributed by atoms with Crippen molar-refractivity contribution in [2.24, 2.45) is 0 Å². The van der Waals surface area contributed by atoms with E-state index in [2.05, 4.69) is 5.32 Å². The number of carbonyl (C=O) groups excluding carboxylic acids is 1. The van der Waals surface area contributed by atoms with E-state index in [4.69, 9.17) is 4.74 Å². The highest BCUT2D eigenvalue weighted by molar-refractivity contribution is 7.99. The van der Waals surface area contributed by atoms with E-state index in [1.807, 2.05) is 26.2 Å². The number of hydrogen-bond donors (Lipinski definition) is 2. The Morgan fingerprint density at radius 3 is 2.74 bits per heavy atom. The van der Waals surface area contributed by atoms with Crippen LogP contribution in [0.2, 0.25) is 0 Å². The summed E-state index contributed by atoms with van der Waals surface area (Å²) in [6.45, 7) is 4.32. The first-order chi connectivity index (χ1) is 9.13. The van der Waals surface area contributed by atoms with Gasteiger partial charge in [-0.05, 0) is 32.2 Å². The van der Waals surface area contributed by atoms with E-state index < -0.39 is 0 Å². The highest BCUT2D eigenvalue weighted by Gasteiger charge is 2.19. The number of rotatable bonds is 7. The lowest BCUT2D eigenvalue weighted by molar-refractivity contribution is 0.0932. The van der Waals surface area contributed by atoms with E-state index in [0.717, 1.165) is 0 Å². The monoisotopic (exact) mass is 283 g/mol. The van der Waals surface area contributed by atoms with E-state index in [9.17, 15) is 9.90 Å². The predicted molar refractivity (Wildman–Crippen MR) is 78.9 cm³/mol. The van der Waals surface area contributed by atoms with Crippen molar-refractivity contribution in [1.29, 1.82) is 0 Å². The van der Waals surface area contributed by atoms with Gasteiger partial charge in [0.2, 0.25) is 0 Å². The molecule has 2 unspecified atom stereocenters. The summed E-state index contributed by atoms with van der Waals surface area (Å²) in [4.78, 5) is 12.2. The minimum atomic E-state index is -0.177. The van der Waals surface area contributed by atoms with Crippen LogP contribution in [0.15, 0.2) is 24.3 Å². The zero-order valence-electron chi connectivity index (χ0n) is 11.6. The van der Waals surface area contributed by atoms with Crippen molar-refractivity contribution in [3.05, 3.63) is 29.8 Å². The predicted octanol–water partition coefficient (Wildman–Crippen LogP) is 1.93. The van der Waals surface area contributed by atoms with Crippen LogP contribution in [-0.2, 0) is 0 Å². The zero-order valence-corrected chi connectivity index (χ0v) is 12.4. The molecule has 1 rings (SSSR count). The largest absolute Gasteiger partial charge is 0.493 e. The molecular weight excluding hydrogens is 262 g/mol. The first-order valence-corrected chi connectivity index (χ1v) is 7.59. The molecule has 0 fully saturated rings. The lowest BCUT2D eigenvalue weighted by Crippen LogP contribution is -2.41. The second kappa shape index (κ2) is 8.07. The second-order valence-electron chi connectivity index (χ2n) is 4.15. The molecule has 2 N–H and O–H groups in total. The average Bonchev–Trinajstić information content (AvgIpc) is 2.41. The molecule has 0 bridgehead atoms. The van der Waals surface area contributed by atoms with Gasteiger partial charge in [0.05, 0.1) is 18.8 Å². The molecule has 1 amide bonds. The van der Waals surface area contributed by atoms with Crippen molar-refractivity contribution >= 4 is 17.7 Å². The van der Waals surface area contributed by atoms with Crippen LogP contribution >= 0.6 is 11.8 Å². The Morgan fingerprint density at radius 1 is 1.47 bits per heavy atom. The van der Waals surface area contributed by atoms with Gasteiger partial charge in [-0.2, -0.15) is 11.8 Å². The SMILES string of the molecule is CCOc1ccccc1C(=O)NC(C)C(CO)SC. The van der Waals surface area contributed by atoms with Crippen molar-refractivity contribution in [3.8, 4) is 5.75 Å². The third-order valence-electron chi connectivity index (χ3n) is 2.83. The molecule has 4 nitrogen and oxygen atoms in total. The van der Waals surface area contributed by atoms with Crippen molar-refractivity contribution < 1.29 is 14.6 Å². The minimum absolute atomic E-state index is 0.0109. The number of benzene rings is 1. The van der Waals surface area contributed by atoms with Crippen LogP contribution in [0.1, 0.15) is 24.2 Å². The minimum Gasteiger partial charge on any atom is -0.493 e. The molecular formula is C14H21NO3S. The van der Waals surface area contributed by atoms with Crippen molar-refractivity contribution in [1.82, 2.24) is 5.32 Å². The van der Waals surface area contributed by atoms with Gasteiger partial charge in [0.25, 0.3) is 5.91 Å². The third-order valence-corrected chi connectivity index (χ3v) is 3.99. The van der Waals surface area contributed by atoms with Crippen LogP contribution < -0.4 is 10.1 Å². The van der Waals surface area contributed by atoms with E-state index in [-0.39, 0.29) is 23.8 Å². The maximum atomic E-state index is 12.2. The normalized spacial score (nSPS) is 13.7. The van der Waals surface area contributed by atoms with Gasteiger partial charge in [-0.25, -0.2) is 0 Å². The summed E-state index contributed by atoms with van der Waals surface area (Å²) in [5.74, 6) is 0.406. The van der Waals surface area contributed by atoms with Gasteiger partial charge in [-0.1, -0.05) is 12.1 Å². The van der Waals surface area contributed by atoms with Gasteiger partial charge >= 0.3 is 0 Å². The number of aliphatic hydroxyl groups is 1. The molecule has 19 heavy (non-hydrogen) atoms. The molecule has 1 aromatic rings. The molecule has 0 aliphatic rings. The second-order valence-corrected chi connectivity index (χ2v) is 5.22. The Labute approximate surface area is 118 Å². The van der Waals surface area contributed by atoms with Crippen LogP contribution in [0.3, 0.4) is 0 Å². The van der Waals surface area contributed by atoms with Gasteiger partial charge in [0.15, 0.2) is 0 Å². The molecule has 106 valence electrons. The number of carbonyl (C=O) groups is 1. The van der Waals surface area contributed by atoms with Gasteiger partial charge in [-0.3, -0.25) is 4.79 Å². The number of hydrogen-bond acceptors (Lipinski definition) is 4. The molecule has 0 saturated heterocycles. The summed E-state index contributed by atoms with van der Waals surface area (Å²) in [6, 6.07) is 7.05. The first kappa shape index (κ1) is 15.9. The summed E-state index contributed by atoms with van der Waals surface area (Å²) in [7, 11) is 0. The molecule has 0 radical (unpaired) electrons. The molecule has 0 aliphatic carbocycles. The summed E-state index contributed by atoms with van der Waals surface area (Å²) in [6.07, 6.45) is 1.91. The summed E-state index contributed by atoms with van der Waals surface area (Å²) < 4.78 is 5.44. The first-order valence-electron chi connectivity index (χ1n) is 6.30. The van der Waals surface area contributed by atoms with E-state index in [1.54, 1.807) is 18.2 Å². The fourth-order valence-electron chi connectivity index (χ4n) is 1.75. The molecule has 0 heterocycles. The Morgan fingerprint density at radius 2 is 2.16 bits per heavy atom. The quantitative estimate of drug-likeness (QED) is 0.803. The van der Waals surface area contributed by atoms with Crippen LogP contribution in [0.25, 0.3) is 0 Å². The van der Waals surface area contributed by atoms with Crippen molar-refractivity contribution in [2.75, 3.05) is 19.5 Å². The van der Waals surface area contributed by atoms with Crippen LogP contribution in [0.5, 0.6) is 5.75 Å². The molecule has 0 spiro atoms. The number of aliphatic hydroxyl groups excluding tert-OH is 1. The zero-order chi connectivity index (χ0) is 14.3.